The lowest BCUT2D eigenvalue weighted by atomic mass is 10.1. The second kappa shape index (κ2) is 6.55. The topological polar surface area (TPSA) is 64.7 Å². The molecule has 0 unspecified atom stereocenters. The zero-order valence-electron chi connectivity index (χ0n) is 15.0. The molecule has 130 valence electrons. The predicted molar refractivity (Wildman–Crippen MR) is 97.9 cm³/mol. The van der Waals surface area contributed by atoms with Crippen LogP contribution in [-0.4, -0.2) is 25.5 Å². The number of amides is 1. The van der Waals surface area contributed by atoms with Gasteiger partial charge in [-0.05, 0) is 45.9 Å². The van der Waals surface area contributed by atoms with Gasteiger partial charge < -0.3 is 5.32 Å². The van der Waals surface area contributed by atoms with Gasteiger partial charge in [-0.3, -0.25) is 9.48 Å². The Balaban J connectivity index is 1.67. The molecule has 0 saturated carbocycles. The van der Waals surface area contributed by atoms with Gasteiger partial charge in [0.2, 0.25) is 5.91 Å². The van der Waals surface area contributed by atoms with Gasteiger partial charge in [-0.1, -0.05) is 18.2 Å². The van der Waals surface area contributed by atoms with Crippen molar-refractivity contribution in [1.82, 2.24) is 19.6 Å². The van der Waals surface area contributed by atoms with Gasteiger partial charge in [-0.2, -0.15) is 10.2 Å². The van der Waals surface area contributed by atoms with E-state index >= 15 is 0 Å². The molecule has 0 bridgehead atoms. The highest BCUT2D eigenvalue weighted by molar-refractivity contribution is 5.91. The lowest BCUT2D eigenvalue weighted by Crippen LogP contribution is -2.24. The first-order chi connectivity index (χ1) is 11.8. The number of para-hydroxylation sites is 1. The third kappa shape index (κ3) is 3.96. The van der Waals surface area contributed by atoms with Gasteiger partial charge in [0.1, 0.15) is 0 Å². The monoisotopic (exact) mass is 337 g/mol. The van der Waals surface area contributed by atoms with Crippen LogP contribution in [-0.2, 0) is 16.8 Å². The molecule has 2 aromatic heterocycles. The van der Waals surface area contributed by atoms with Crippen LogP contribution in [0.3, 0.4) is 0 Å². The van der Waals surface area contributed by atoms with Gasteiger partial charge in [0.25, 0.3) is 0 Å². The Hall–Kier alpha value is -2.89. The predicted octanol–water partition coefficient (Wildman–Crippen LogP) is 3.31. The molecule has 0 saturated heterocycles. The smallest absolute Gasteiger partial charge is 0.231 e. The van der Waals surface area contributed by atoms with Crippen molar-refractivity contribution in [2.45, 2.75) is 39.7 Å². The molecule has 0 radical (unpaired) electrons. The summed E-state index contributed by atoms with van der Waals surface area (Å²) in [6.07, 6.45) is 2.07. The van der Waals surface area contributed by atoms with E-state index in [-0.39, 0.29) is 17.9 Å². The van der Waals surface area contributed by atoms with Crippen molar-refractivity contribution < 1.29 is 4.79 Å². The van der Waals surface area contributed by atoms with Gasteiger partial charge in [0.05, 0.1) is 23.3 Å². The molecule has 0 spiro atoms. The quantitative estimate of drug-likeness (QED) is 0.794. The normalized spacial score (nSPS) is 11.5. The number of hydrogen-bond acceptors (Lipinski definition) is 3. The van der Waals surface area contributed by atoms with Crippen LogP contribution in [0.1, 0.15) is 32.2 Å². The highest BCUT2D eigenvalue weighted by Crippen LogP contribution is 2.19. The second-order valence-corrected chi connectivity index (χ2v) is 7.07. The fourth-order valence-electron chi connectivity index (χ4n) is 2.75. The van der Waals surface area contributed by atoms with E-state index < -0.39 is 0 Å². The zero-order chi connectivity index (χ0) is 18.0. The average Bonchev–Trinajstić information content (AvgIpc) is 3.14. The Bertz CT molecular complexity index is 871. The summed E-state index contributed by atoms with van der Waals surface area (Å²) in [5.41, 5.74) is 2.57. The van der Waals surface area contributed by atoms with E-state index in [1.165, 1.54) is 0 Å². The summed E-state index contributed by atoms with van der Waals surface area (Å²) >= 11 is 0. The molecule has 0 fully saturated rings. The highest BCUT2D eigenvalue weighted by atomic mass is 16.1. The number of carbonyl (C=O) groups excluding carboxylic acids is 1. The number of rotatable bonds is 4. The average molecular weight is 337 g/mol. The number of hydrogen-bond donors (Lipinski definition) is 1. The van der Waals surface area contributed by atoms with Crippen molar-refractivity contribution in [1.29, 1.82) is 0 Å². The third-order valence-corrected chi connectivity index (χ3v) is 3.80. The van der Waals surface area contributed by atoms with Crippen LogP contribution in [0.25, 0.3) is 5.69 Å². The molecular formula is C19H23N5O. The van der Waals surface area contributed by atoms with Crippen molar-refractivity contribution in [2.24, 2.45) is 0 Å². The molecule has 25 heavy (non-hydrogen) atoms. The number of nitrogens with zero attached hydrogens (tertiary/aromatic N) is 4. The summed E-state index contributed by atoms with van der Waals surface area (Å²) in [4.78, 5) is 12.3. The van der Waals surface area contributed by atoms with Crippen LogP contribution in [0.4, 0.5) is 5.82 Å². The summed E-state index contributed by atoms with van der Waals surface area (Å²) in [5.74, 6) is 0.441. The fraction of sp³-hybridized carbons (Fsp3) is 0.316. The van der Waals surface area contributed by atoms with Gasteiger partial charge in [0.15, 0.2) is 5.82 Å². The Morgan fingerprint density at radius 2 is 1.84 bits per heavy atom. The third-order valence-electron chi connectivity index (χ3n) is 3.80. The molecule has 6 nitrogen and oxygen atoms in total. The van der Waals surface area contributed by atoms with Crippen molar-refractivity contribution in [2.75, 3.05) is 5.32 Å². The first-order valence-corrected chi connectivity index (χ1v) is 8.30. The molecule has 1 aromatic carbocycles. The van der Waals surface area contributed by atoms with E-state index in [9.17, 15) is 4.79 Å². The summed E-state index contributed by atoms with van der Waals surface area (Å²) < 4.78 is 3.67. The molecule has 0 atom stereocenters. The van der Waals surface area contributed by atoms with Crippen molar-refractivity contribution in [3.05, 3.63) is 60.0 Å². The Labute approximate surface area is 147 Å². The molecule has 2 heterocycles. The van der Waals surface area contributed by atoms with Crippen LogP contribution >= 0.6 is 0 Å². The minimum atomic E-state index is -0.128. The number of anilines is 1. The maximum atomic E-state index is 12.3. The fourth-order valence-corrected chi connectivity index (χ4v) is 2.75. The van der Waals surface area contributed by atoms with Gasteiger partial charge >= 0.3 is 0 Å². The van der Waals surface area contributed by atoms with Crippen LogP contribution in [0.15, 0.2) is 48.7 Å². The highest BCUT2D eigenvalue weighted by Gasteiger charge is 2.18. The van der Waals surface area contributed by atoms with E-state index in [2.05, 4.69) is 36.3 Å². The van der Waals surface area contributed by atoms with E-state index in [0.29, 0.717) is 11.5 Å². The van der Waals surface area contributed by atoms with Crippen LogP contribution in [0.5, 0.6) is 0 Å². The molecule has 0 aliphatic carbocycles. The number of nitrogens with one attached hydrogen (secondary N) is 1. The molecule has 0 aliphatic heterocycles. The van der Waals surface area contributed by atoms with Gasteiger partial charge in [0, 0.05) is 18.0 Å². The summed E-state index contributed by atoms with van der Waals surface area (Å²) in [6.45, 7) is 8.22. The van der Waals surface area contributed by atoms with Gasteiger partial charge in [-0.25, -0.2) is 4.68 Å². The molecule has 3 aromatic rings. The maximum Gasteiger partial charge on any atom is 0.231 e. The zero-order valence-corrected chi connectivity index (χ0v) is 15.0. The number of aromatic nitrogens is 4. The number of aryl methyl sites for hydroxylation is 1. The number of benzene rings is 1. The molecular weight excluding hydrogens is 314 g/mol. The molecule has 1 N–H and O–H groups in total. The Morgan fingerprint density at radius 3 is 2.48 bits per heavy atom. The maximum absolute atomic E-state index is 12.3. The minimum absolute atomic E-state index is 0.123. The lowest BCUT2D eigenvalue weighted by Gasteiger charge is -2.20. The van der Waals surface area contributed by atoms with Crippen LogP contribution in [0, 0.1) is 6.92 Å². The van der Waals surface area contributed by atoms with E-state index in [1.807, 2.05) is 60.3 Å². The lowest BCUT2D eigenvalue weighted by molar-refractivity contribution is -0.115. The van der Waals surface area contributed by atoms with Crippen molar-refractivity contribution in [3.8, 4) is 5.69 Å². The van der Waals surface area contributed by atoms with E-state index in [1.54, 1.807) is 4.68 Å². The van der Waals surface area contributed by atoms with Crippen LogP contribution < -0.4 is 5.32 Å². The SMILES string of the molecule is Cc1cc(NC(=O)Cc2ccn(-c3ccccc3)n2)nn1C(C)(C)C. The summed E-state index contributed by atoms with van der Waals surface area (Å²) in [5, 5.41) is 11.8. The molecule has 0 aliphatic rings. The van der Waals surface area contributed by atoms with Gasteiger partial charge in [-0.15, -0.1) is 0 Å². The number of carbonyl (C=O) groups is 1. The molecule has 6 heteroatoms. The molecule has 3 rings (SSSR count). The minimum Gasteiger partial charge on any atom is -0.309 e. The summed E-state index contributed by atoms with van der Waals surface area (Å²) in [7, 11) is 0. The first-order valence-electron chi connectivity index (χ1n) is 8.30. The molecule has 1 amide bonds. The standard InChI is InChI=1S/C19H23N5O/c1-14-12-17(22-24(14)19(2,3)4)20-18(25)13-15-10-11-23(21-15)16-8-6-5-7-9-16/h5-12H,13H2,1-4H3,(H,20,22,25). The largest absolute Gasteiger partial charge is 0.309 e. The van der Waals surface area contributed by atoms with E-state index in [0.717, 1.165) is 11.4 Å². The first kappa shape index (κ1) is 17.0. The van der Waals surface area contributed by atoms with Crippen molar-refractivity contribution >= 4 is 11.7 Å². The summed E-state index contributed by atoms with van der Waals surface area (Å²) in [6, 6.07) is 13.5. The Kier molecular flexibility index (Phi) is 4.44. The van der Waals surface area contributed by atoms with Crippen molar-refractivity contribution in [3.63, 3.8) is 0 Å². The van der Waals surface area contributed by atoms with E-state index in [4.69, 9.17) is 0 Å². The second-order valence-electron chi connectivity index (χ2n) is 7.07. The van der Waals surface area contributed by atoms with Crippen LogP contribution in [0.2, 0.25) is 0 Å². The Morgan fingerprint density at radius 1 is 1.12 bits per heavy atom.